The van der Waals surface area contributed by atoms with Gasteiger partial charge in [0, 0.05) is 33.3 Å². The molecule has 0 atom stereocenters. The molecule has 162 valence electrons. The first kappa shape index (κ1) is 23.5. The summed E-state index contributed by atoms with van der Waals surface area (Å²) in [7, 11) is -0.484. The van der Waals surface area contributed by atoms with Crippen LogP contribution in [0, 0.1) is 11.8 Å². The van der Waals surface area contributed by atoms with Crippen molar-refractivity contribution in [3.05, 3.63) is 52.0 Å². The van der Waals surface area contributed by atoms with E-state index in [1.807, 2.05) is 24.3 Å². The van der Waals surface area contributed by atoms with E-state index in [9.17, 15) is 4.79 Å². The maximum absolute atomic E-state index is 12.1. The molecule has 0 unspecified atom stereocenters. The van der Waals surface area contributed by atoms with E-state index in [2.05, 4.69) is 50.7 Å². The van der Waals surface area contributed by atoms with Crippen LogP contribution in [0.5, 0.6) is 0 Å². The van der Waals surface area contributed by atoms with Gasteiger partial charge in [0.1, 0.15) is 0 Å². The second kappa shape index (κ2) is 9.13. The number of methoxy groups -OCH3 is 1. The molecule has 0 bridgehead atoms. The lowest BCUT2D eigenvalue weighted by atomic mass is 10.00. The molecule has 0 aliphatic carbocycles. The summed E-state index contributed by atoms with van der Waals surface area (Å²) in [5.74, 6) is 6.02. The number of benzene rings is 1. The molecule has 2 aromatic heterocycles. The van der Waals surface area contributed by atoms with Crippen LogP contribution in [0.25, 0.3) is 21.3 Å². The number of fused-ring (bicyclic) bond motifs is 1. The Hall–Kier alpha value is -2.17. The van der Waals surface area contributed by atoms with E-state index in [1.54, 1.807) is 11.6 Å². The fourth-order valence-corrected chi connectivity index (χ4v) is 4.87. The summed E-state index contributed by atoms with van der Waals surface area (Å²) in [5, 5.41) is 2.53. The summed E-state index contributed by atoms with van der Waals surface area (Å²) in [5.41, 5.74) is 3.76. The molecule has 0 N–H and O–H groups in total. The summed E-state index contributed by atoms with van der Waals surface area (Å²) in [6.07, 6.45) is 1.69. The first-order valence-corrected chi connectivity index (χ1v) is 14.1. The highest BCUT2D eigenvalue weighted by Gasteiger charge is 2.36. The molecule has 0 saturated heterocycles. The number of aromatic nitrogens is 1. The van der Waals surface area contributed by atoms with Gasteiger partial charge in [0.05, 0.1) is 29.5 Å². The molecule has 1 aromatic carbocycles. The van der Waals surface area contributed by atoms with Crippen molar-refractivity contribution in [1.29, 1.82) is 0 Å². The normalized spacial score (nSPS) is 11.8. The van der Waals surface area contributed by atoms with Crippen LogP contribution < -0.4 is 0 Å². The third-order valence-electron chi connectivity index (χ3n) is 5.67. The fraction of sp³-hybridized carbons (Fsp3) is 0.333. The first-order chi connectivity index (χ1) is 14.5. The van der Waals surface area contributed by atoms with Crippen molar-refractivity contribution in [2.45, 2.75) is 38.9 Å². The number of hydrogen-bond acceptors (Lipinski definition) is 5. The van der Waals surface area contributed by atoms with E-state index < -0.39 is 14.3 Å². The van der Waals surface area contributed by atoms with Crippen molar-refractivity contribution in [2.24, 2.45) is 0 Å². The predicted octanol–water partition coefficient (Wildman–Crippen LogP) is 6.78. The van der Waals surface area contributed by atoms with Crippen LogP contribution in [0.3, 0.4) is 0 Å². The third-order valence-corrected chi connectivity index (χ3v) is 11.4. The minimum atomic E-state index is -1.85. The Kier molecular flexibility index (Phi) is 6.92. The van der Waals surface area contributed by atoms with Crippen molar-refractivity contribution in [2.75, 3.05) is 13.7 Å². The zero-order chi connectivity index (χ0) is 22.8. The van der Waals surface area contributed by atoms with Crippen molar-refractivity contribution in [3.8, 4) is 23.0 Å². The van der Waals surface area contributed by atoms with E-state index in [0.717, 1.165) is 21.4 Å². The number of ether oxygens (including phenoxy) is 1. The highest BCUT2D eigenvalue weighted by Crippen LogP contribution is 2.37. The molecule has 0 radical (unpaired) electrons. The van der Waals surface area contributed by atoms with E-state index in [-0.39, 0.29) is 5.04 Å². The minimum Gasteiger partial charge on any atom is -0.465 e. The largest absolute Gasteiger partial charge is 0.465 e. The summed E-state index contributed by atoms with van der Waals surface area (Å²) in [4.78, 5) is 16.5. The number of carbonyl (C=O) groups excluding carboxylic acids is 1. The highest BCUT2D eigenvalue weighted by molar-refractivity contribution is 7.18. The molecule has 0 aliphatic rings. The molecule has 7 heteroatoms. The lowest BCUT2D eigenvalue weighted by Crippen LogP contribution is -2.40. The van der Waals surface area contributed by atoms with Crippen LogP contribution in [0.4, 0.5) is 0 Å². The Bertz CT molecular complexity index is 1180. The molecule has 0 saturated carbocycles. The highest BCUT2D eigenvalue weighted by atomic mass is 35.5. The molecule has 31 heavy (non-hydrogen) atoms. The molecule has 0 amide bonds. The number of pyridine rings is 1. The lowest BCUT2D eigenvalue weighted by Gasteiger charge is -2.35. The fourth-order valence-electron chi connectivity index (χ4n) is 2.81. The van der Waals surface area contributed by atoms with Gasteiger partial charge in [-0.05, 0) is 42.4 Å². The number of thiophene rings is 1. The molecular weight excluding hydrogens is 446 g/mol. The molecule has 0 spiro atoms. The first-order valence-electron chi connectivity index (χ1n) is 9.92. The Morgan fingerprint density at radius 2 is 1.97 bits per heavy atom. The van der Waals surface area contributed by atoms with Gasteiger partial charge in [-0.1, -0.05) is 44.2 Å². The van der Waals surface area contributed by atoms with Crippen LogP contribution in [-0.2, 0) is 9.16 Å². The van der Waals surface area contributed by atoms with Crippen LogP contribution in [0.2, 0.25) is 23.2 Å². The molecule has 3 rings (SSSR count). The van der Waals surface area contributed by atoms with Crippen molar-refractivity contribution in [3.63, 3.8) is 0 Å². The van der Waals surface area contributed by atoms with Gasteiger partial charge in [0.2, 0.25) is 0 Å². The van der Waals surface area contributed by atoms with E-state index in [1.165, 1.54) is 18.4 Å². The molecule has 0 fully saturated rings. The lowest BCUT2D eigenvalue weighted by molar-refractivity contribution is 0.0603. The van der Waals surface area contributed by atoms with Gasteiger partial charge in [-0.2, -0.15) is 0 Å². The quantitative estimate of drug-likeness (QED) is 0.239. The van der Waals surface area contributed by atoms with Crippen LogP contribution in [-0.4, -0.2) is 33.0 Å². The van der Waals surface area contributed by atoms with Gasteiger partial charge in [0.25, 0.3) is 0 Å². The number of nitrogens with zero attached hydrogens (tertiary/aromatic N) is 1. The van der Waals surface area contributed by atoms with Gasteiger partial charge in [-0.15, -0.1) is 11.3 Å². The Labute approximate surface area is 193 Å². The molecule has 0 aliphatic heterocycles. The smallest absolute Gasteiger partial charge is 0.340 e. The van der Waals surface area contributed by atoms with Crippen LogP contribution in [0.15, 0.2) is 35.8 Å². The van der Waals surface area contributed by atoms with Gasteiger partial charge in [0.15, 0.2) is 8.32 Å². The van der Waals surface area contributed by atoms with E-state index >= 15 is 0 Å². The monoisotopic (exact) mass is 471 g/mol. The van der Waals surface area contributed by atoms with Gasteiger partial charge >= 0.3 is 5.97 Å². The average molecular weight is 472 g/mol. The SMILES string of the molecule is COC(=O)c1csc2c(-c3cc(Cl)ccc3C#CCO[Si](C)(C)C(C)(C)C)ccnc12. The van der Waals surface area contributed by atoms with Crippen molar-refractivity contribution in [1.82, 2.24) is 4.98 Å². The Balaban J connectivity index is 1.99. The van der Waals surface area contributed by atoms with Crippen LogP contribution >= 0.6 is 22.9 Å². The second-order valence-electron chi connectivity index (χ2n) is 8.72. The summed E-state index contributed by atoms with van der Waals surface area (Å²) in [6.45, 7) is 11.4. The number of carbonyl (C=O) groups is 1. The zero-order valence-electron chi connectivity index (χ0n) is 18.6. The zero-order valence-corrected chi connectivity index (χ0v) is 21.2. The van der Waals surface area contributed by atoms with Crippen molar-refractivity contribution >= 4 is 47.4 Å². The minimum absolute atomic E-state index is 0.138. The topological polar surface area (TPSA) is 48.4 Å². The number of halogens is 1. The molecular formula is C24H26ClNO3SSi. The summed E-state index contributed by atoms with van der Waals surface area (Å²) >= 11 is 7.77. The van der Waals surface area contributed by atoms with Crippen molar-refractivity contribution < 1.29 is 14.0 Å². The predicted molar refractivity (Wildman–Crippen MR) is 131 cm³/mol. The third kappa shape index (κ3) is 5.02. The maximum atomic E-state index is 12.1. The summed E-state index contributed by atoms with van der Waals surface area (Å²) in [6, 6.07) is 7.56. The Morgan fingerprint density at radius 1 is 1.23 bits per heavy atom. The van der Waals surface area contributed by atoms with Gasteiger partial charge < -0.3 is 9.16 Å². The molecule has 2 heterocycles. The van der Waals surface area contributed by atoms with Gasteiger partial charge in [-0.25, -0.2) is 4.79 Å². The number of esters is 1. The molecule has 4 nitrogen and oxygen atoms in total. The van der Waals surface area contributed by atoms with Crippen LogP contribution in [0.1, 0.15) is 36.7 Å². The Morgan fingerprint density at radius 3 is 2.65 bits per heavy atom. The molecule has 3 aromatic rings. The average Bonchev–Trinajstić information content (AvgIpc) is 3.15. The van der Waals surface area contributed by atoms with E-state index in [0.29, 0.717) is 22.7 Å². The number of rotatable bonds is 4. The maximum Gasteiger partial charge on any atom is 0.340 e. The van der Waals surface area contributed by atoms with Gasteiger partial charge in [-0.3, -0.25) is 4.98 Å². The second-order valence-corrected chi connectivity index (χ2v) is 14.8. The number of hydrogen-bond donors (Lipinski definition) is 0. The standard InChI is InChI=1S/C24H26ClNO3SSi/c1-24(2,3)31(5,6)29-13-7-8-16-9-10-17(25)14-19(16)18-11-12-26-21-20(23(27)28-4)15-30-22(18)21/h9-12,14-15H,13H2,1-6H3. The van der Waals surface area contributed by atoms with E-state index in [4.69, 9.17) is 20.8 Å². The summed E-state index contributed by atoms with van der Waals surface area (Å²) < 4.78 is 12.0.